The summed E-state index contributed by atoms with van der Waals surface area (Å²) in [6.07, 6.45) is -0.832. The van der Waals surface area contributed by atoms with Crippen molar-refractivity contribution in [1.29, 1.82) is 0 Å². The van der Waals surface area contributed by atoms with E-state index in [1.54, 1.807) is 6.92 Å². The van der Waals surface area contributed by atoms with Crippen LogP contribution in [0, 0.1) is 6.92 Å². The summed E-state index contributed by atoms with van der Waals surface area (Å²) in [5.41, 5.74) is 0.699. The molecule has 1 aromatic rings. The maximum atomic E-state index is 10.8. The van der Waals surface area contributed by atoms with Gasteiger partial charge in [0.25, 0.3) is 0 Å². The van der Waals surface area contributed by atoms with Gasteiger partial charge in [0, 0.05) is 0 Å². The van der Waals surface area contributed by atoms with E-state index in [2.05, 4.69) is 4.74 Å². The fourth-order valence-corrected chi connectivity index (χ4v) is 1.03. The number of ether oxygens (including phenoxy) is 2. The summed E-state index contributed by atoms with van der Waals surface area (Å²) in [6.45, 7) is 1.64. The van der Waals surface area contributed by atoms with Crippen LogP contribution in [-0.2, 0) is 4.74 Å². The molecule has 0 atom stereocenters. The highest BCUT2D eigenvalue weighted by Gasteiger charge is 2.09. The number of carbonyl (C=O) groups is 2. The Labute approximate surface area is 86.2 Å². The van der Waals surface area contributed by atoms with Gasteiger partial charge in [-0.15, -0.1) is 0 Å². The van der Waals surface area contributed by atoms with Gasteiger partial charge in [0.2, 0.25) is 0 Å². The first-order chi connectivity index (χ1) is 7.04. The van der Waals surface area contributed by atoms with E-state index >= 15 is 0 Å². The van der Waals surface area contributed by atoms with Crippen LogP contribution in [0.2, 0.25) is 0 Å². The summed E-state index contributed by atoms with van der Waals surface area (Å²) in [5, 5.41) is 8.70. The lowest BCUT2D eigenvalue weighted by molar-refractivity contribution is 0.0697. The largest absolute Gasteiger partial charge is 0.513 e. The van der Waals surface area contributed by atoms with Crippen molar-refractivity contribution in [2.75, 3.05) is 7.11 Å². The number of hydrogen-bond acceptors (Lipinski definition) is 4. The standard InChI is InChI=1S/C10H10O5/c1-6-5-7(9(11)12)3-4-8(6)15-10(13)14-2/h3-5H,1-2H3,(H,11,12). The molecule has 0 unspecified atom stereocenters. The maximum absolute atomic E-state index is 10.8. The van der Waals surface area contributed by atoms with Crippen LogP contribution in [0.1, 0.15) is 15.9 Å². The third-order valence-corrected chi connectivity index (χ3v) is 1.78. The first-order valence-electron chi connectivity index (χ1n) is 4.14. The maximum Gasteiger partial charge on any atom is 0.513 e. The van der Waals surface area contributed by atoms with Crippen molar-refractivity contribution in [3.8, 4) is 5.75 Å². The molecule has 5 nitrogen and oxygen atoms in total. The average Bonchev–Trinajstić information content (AvgIpc) is 2.20. The molecule has 0 aromatic heterocycles. The Hall–Kier alpha value is -2.04. The van der Waals surface area contributed by atoms with Crippen LogP contribution in [0.3, 0.4) is 0 Å². The first-order valence-corrected chi connectivity index (χ1v) is 4.14. The van der Waals surface area contributed by atoms with Crippen LogP contribution in [0.25, 0.3) is 0 Å². The molecule has 0 aliphatic rings. The minimum Gasteiger partial charge on any atom is -0.478 e. The van der Waals surface area contributed by atoms with Gasteiger partial charge in [-0.05, 0) is 30.7 Å². The summed E-state index contributed by atoms with van der Waals surface area (Å²) in [4.78, 5) is 21.4. The predicted molar refractivity (Wildman–Crippen MR) is 51.2 cm³/mol. The average molecular weight is 210 g/mol. The van der Waals surface area contributed by atoms with Crippen molar-refractivity contribution in [3.63, 3.8) is 0 Å². The van der Waals surface area contributed by atoms with Crippen molar-refractivity contribution in [1.82, 2.24) is 0 Å². The molecule has 0 aliphatic heterocycles. The monoisotopic (exact) mass is 210 g/mol. The van der Waals surface area contributed by atoms with Gasteiger partial charge >= 0.3 is 12.1 Å². The number of carboxylic acids is 1. The van der Waals surface area contributed by atoms with E-state index < -0.39 is 12.1 Å². The second-order valence-electron chi connectivity index (χ2n) is 2.84. The molecule has 15 heavy (non-hydrogen) atoms. The second kappa shape index (κ2) is 4.45. The molecule has 0 heterocycles. The molecular weight excluding hydrogens is 200 g/mol. The second-order valence-corrected chi connectivity index (χ2v) is 2.84. The van der Waals surface area contributed by atoms with Crippen molar-refractivity contribution in [2.24, 2.45) is 0 Å². The molecule has 0 bridgehead atoms. The Kier molecular flexibility index (Phi) is 3.28. The molecular formula is C10H10O5. The topological polar surface area (TPSA) is 72.8 Å². The molecule has 0 fully saturated rings. The zero-order chi connectivity index (χ0) is 11.4. The minimum atomic E-state index is -1.03. The number of carbonyl (C=O) groups excluding carboxylic acids is 1. The number of benzene rings is 1. The summed E-state index contributed by atoms with van der Waals surface area (Å²) < 4.78 is 9.08. The zero-order valence-electron chi connectivity index (χ0n) is 8.31. The van der Waals surface area contributed by atoms with Gasteiger partial charge in [-0.25, -0.2) is 9.59 Å². The van der Waals surface area contributed by atoms with E-state index in [9.17, 15) is 9.59 Å². The Morgan fingerprint density at radius 3 is 2.47 bits per heavy atom. The SMILES string of the molecule is COC(=O)Oc1ccc(C(=O)O)cc1C. The summed E-state index contributed by atoms with van der Waals surface area (Å²) in [7, 11) is 1.20. The van der Waals surface area contributed by atoms with E-state index in [0.717, 1.165) is 0 Å². The van der Waals surface area contributed by atoms with E-state index in [4.69, 9.17) is 9.84 Å². The van der Waals surface area contributed by atoms with Gasteiger partial charge in [-0.3, -0.25) is 0 Å². The lowest BCUT2D eigenvalue weighted by Gasteiger charge is -2.06. The van der Waals surface area contributed by atoms with Gasteiger partial charge in [0.05, 0.1) is 12.7 Å². The van der Waals surface area contributed by atoms with Gasteiger partial charge in [-0.1, -0.05) is 0 Å². The molecule has 0 aliphatic carbocycles. The Balaban J connectivity index is 2.93. The number of hydrogen-bond donors (Lipinski definition) is 1. The van der Waals surface area contributed by atoms with Crippen molar-refractivity contribution in [3.05, 3.63) is 29.3 Å². The number of rotatable bonds is 2. The fourth-order valence-electron chi connectivity index (χ4n) is 1.03. The molecule has 0 amide bonds. The van der Waals surface area contributed by atoms with Crippen molar-refractivity contribution >= 4 is 12.1 Å². The highest BCUT2D eigenvalue weighted by atomic mass is 16.7. The quantitative estimate of drug-likeness (QED) is 0.595. The lowest BCUT2D eigenvalue weighted by Crippen LogP contribution is -2.08. The fraction of sp³-hybridized carbons (Fsp3) is 0.200. The zero-order valence-corrected chi connectivity index (χ0v) is 8.31. The van der Waals surface area contributed by atoms with Crippen LogP contribution in [0.4, 0.5) is 4.79 Å². The van der Waals surface area contributed by atoms with Crippen LogP contribution in [-0.4, -0.2) is 24.3 Å². The molecule has 1 rings (SSSR count). The molecule has 0 saturated heterocycles. The minimum absolute atomic E-state index is 0.143. The van der Waals surface area contributed by atoms with E-state index in [-0.39, 0.29) is 11.3 Å². The molecule has 80 valence electrons. The molecule has 0 radical (unpaired) electrons. The van der Waals surface area contributed by atoms with Crippen molar-refractivity contribution < 1.29 is 24.2 Å². The highest BCUT2D eigenvalue weighted by molar-refractivity contribution is 5.88. The van der Waals surface area contributed by atoms with E-state index in [1.807, 2.05) is 0 Å². The normalized spacial score (nSPS) is 9.47. The molecule has 0 saturated carbocycles. The van der Waals surface area contributed by atoms with E-state index in [0.29, 0.717) is 5.56 Å². The number of aromatic carboxylic acids is 1. The van der Waals surface area contributed by atoms with Gasteiger partial charge in [0.15, 0.2) is 0 Å². The Bertz CT molecular complexity index is 397. The smallest absolute Gasteiger partial charge is 0.478 e. The van der Waals surface area contributed by atoms with E-state index in [1.165, 1.54) is 25.3 Å². The third-order valence-electron chi connectivity index (χ3n) is 1.78. The predicted octanol–water partition coefficient (Wildman–Crippen LogP) is 1.84. The Morgan fingerprint density at radius 1 is 1.33 bits per heavy atom. The molecule has 1 N–H and O–H groups in total. The number of carboxylic acid groups (broad SMARTS) is 1. The number of methoxy groups -OCH3 is 1. The summed E-state index contributed by atoms with van der Waals surface area (Å²) in [5.74, 6) is -0.741. The van der Waals surface area contributed by atoms with Gasteiger partial charge in [-0.2, -0.15) is 0 Å². The van der Waals surface area contributed by atoms with Gasteiger partial charge < -0.3 is 14.6 Å². The van der Waals surface area contributed by atoms with Crippen LogP contribution in [0.15, 0.2) is 18.2 Å². The van der Waals surface area contributed by atoms with Crippen LogP contribution >= 0.6 is 0 Å². The highest BCUT2D eigenvalue weighted by Crippen LogP contribution is 2.19. The molecule has 5 heteroatoms. The first kappa shape index (κ1) is 11.0. The summed E-state index contributed by atoms with van der Waals surface area (Å²) in [6, 6.07) is 4.18. The number of aryl methyl sites for hydroxylation is 1. The molecule has 0 spiro atoms. The van der Waals surface area contributed by atoms with Gasteiger partial charge in [0.1, 0.15) is 5.75 Å². The molecule has 1 aromatic carbocycles. The van der Waals surface area contributed by atoms with Crippen LogP contribution < -0.4 is 4.74 Å². The van der Waals surface area contributed by atoms with Crippen molar-refractivity contribution in [2.45, 2.75) is 6.92 Å². The Morgan fingerprint density at radius 2 is 2.00 bits per heavy atom. The van der Waals surface area contributed by atoms with Crippen LogP contribution in [0.5, 0.6) is 5.75 Å². The lowest BCUT2D eigenvalue weighted by atomic mass is 10.1. The summed E-state index contributed by atoms with van der Waals surface area (Å²) >= 11 is 0. The third kappa shape index (κ3) is 2.70.